The predicted molar refractivity (Wildman–Crippen MR) is 170 cm³/mol. The highest BCUT2D eigenvalue weighted by Gasteiger charge is 2.36. The van der Waals surface area contributed by atoms with Crippen molar-refractivity contribution in [2.24, 2.45) is 0 Å². The SMILES string of the molecule is CC1(C)c2ccccc2-c2c(-c3cccc(-c4cc(-c5ccccc5)cc5c4[nH]c4ccccc45)c3)cccc21. The summed E-state index contributed by atoms with van der Waals surface area (Å²) in [6.07, 6.45) is 0. The Morgan fingerprint density at radius 3 is 1.98 bits per heavy atom. The van der Waals surface area contributed by atoms with Gasteiger partial charge in [0.1, 0.15) is 0 Å². The summed E-state index contributed by atoms with van der Waals surface area (Å²) in [5.41, 5.74) is 15.3. The molecule has 1 nitrogen and oxygen atoms in total. The zero-order valence-corrected chi connectivity index (χ0v) is 22.7. The Morgan fingerprint density at radius 1 is 0.450 bits per heavy atom. The molecule has 40 heavy (non-hydrogen) atoms. The van der Waals surface area contributed by atoms with Crippen LogP contribution in [0.3, 0.4) is 0 Å². The van der Waals surface area contributed by atoms with Gasteiger partial charge >= 0.3 is 0 Å². The van der Waals surface area contributed by atoms with Gasteiger partial charge in [0.05, 0.1) is 5.52 Å². The van der Waals surface area contributed by atoms with Crippen LogP contribution in [0.25, 0.3) is 66.3 Å². The number of rotatable bonds is 3. The maximum absolute atomic E-state index is 3.75. The molecule has 1 N–H and O–H groups in total. The van der Waals surface area contributed by atoms with Gasteiger partial charge in [-0.1, -0.05) is 123 Å². The molecule has 0 atom stereocenters. The lowest BCUT2D eigenvalue weighted by molar-refractivity contribution is 0.660. The molecule has 0 saturated carbocycles. The van der Waals surface area contributed by atoms with Gasteiger partial charge in [0, 0.05) is 27.3 Å². The number of fused-ring (bicyclic) bond motifs is 6. The van der Waals surface area contributed by atoms with E-state index < -0.39 is 0 Å². The van der Waals surface area contributed by atoms with E-state index in [1.54, 1.807) is 0 Å². The molecule has 0 amide bonds. The molecule has 0 aliphatic heterocycles. The van der Waals surface area contributed by atoms with Crippen LogP contribution in [-0.4, -0.2) is 4.98 Å². The van der Waals surface area contributed by atoms with Crippen molar-refractivity contribution >= 4 is 21.8 Å². The monoisotopic (exact) mass is 511 g/mol. The quantitative estimate of drug-likeness (QED) is 0.243. The van der Waals surface area contributed by atoms with E-state index >= 15 is 0 Å². The molecule has 0 spiro atoms. The van der Waals surface area contributed by atoms with E-state index in [1.165, 1.54) is 77.4 Å². The number of hydrogen-bond donors (Lipinski definition) is 1. The highest BCUT2D eigenvalue weighted by Crippen LogP contribution is 2.52. The van der Waals surface area contributed by atoms with E-state index in [2.05, 4.69) is 152 Å². The van der Waals surface area contributed by atoms with Crippen LogP contribution in [0.15, 0.2) is 133 Å². The van der Waals surface area contributed by atoms with E-state index in [9.17, 15) is 0 Å². The standard InChI is InChI=1S/C39H29N/c1-39(2)34-19-8-6-17-31(34)37-29(18-11-20-35(37)39)26-14-10-15-27(22-26)32-23-28(25-12-4-3-5-13-25)24-33-30-16-7-9-21-36(30)40-38(32)33/h3-24,40H,1-2H3. The lowest BCUT2D eigenvalue weighted by atomic mass is 9.82. The van der Waals surface area contributed by atoms with Crippen molar-refractivity contribution in [1.82, 2.24) is 4.98 Å². The summed E-state index contributed by atoms with van der Waals surface area (Å²) in [5.74, 6) is 0. The fraction of sp³-hybridized carbons (Fsp3) is 0.0769. The summed E-state index contributed by atoms with van der Waals surface area (Å²) in [6, 6.07) is 48.8. The first kappa shape index (κ1) is 23.0. The summed E-state index contributed by atoms with van der Waals surface area (Å²) >= 11 is 0. The predicted octanol–water partition coefficient (Wildman–Crippen LogP) is 10.6. The van der Waals surface area contributed by atoms with E-state index in [1.807, 2.05) is 0 Å². The van der Waals surface area contributed by atoms with Crippen molar-refractivity contribution in [3.63, 3.8) is 0 Å². The molecule has 0 saturated heterocycles. The molecule has 0 radical (unpaired) electrons. The van der Waals surface area contributed by atoms with E-state index in [-0.39, 0.29) is 5.41 Å². The van der Waals surface area contributed by atoms with Crippen LogP contribution in [0, 0.1) is 0 Å². The molecule has 7 aromatic rings. The maximum atomic E-state index is 3.75. The first-order chi connectivity index (χ1) is 19.6. The van der Waals surface area contributed by atoms with Crippen molar-refractivity contribution in [3.05, 3.63) is 145 Å². The average molecular weight is 512 g/mol. The third-order valence-corrected chi connectivity index (χ3v) is 8.81. The molecule has 1 aromatic heterocycles. The van der Waals surface area contributed by atoms with Crippen LogP contribution in [0.4, 0.5) is 0 Å². The molecule has 1 heteroatoms. The lowest BCUT2D eigenvalue weighted by Crippen LogP contribution is -2.14. The van der Waals surface area contributed by atoms with Crippen molar-refractivity contribution in [1.29, 1.82) is 0 Å². The van der Waals surface area contributed by atoms with Crippen LogP contribution < -0.4 is 0 Å². The molecule has 6 aromatic carbocycles. The molecule has 8 rings (SSSR count). The van der Waals surface area contributed by atoms with Gasteiger partial charge in [-0.3, -0.25) is 0 Å². The lowest BCUT2D eigenvalue weighted by Gasteiger charge is -2.21. The molecule has 190 valence electrons. The second kappa shape index (κ2) is 8.56. The van der Waals surface area contributed by atoms with Crippen LogP contribution in [0.5, 0.6) is 0 Å². The van der Waals surface area contributed by atoms with Gasteiger partial charge in [0.15, 0.2) is 0 Å². The molecule has 1 heterocycles. The van der Waals surface area contributed by atoms with Crippen molar-refractivity contribution in [3.8, 4) is 44.5 Å². The largest absolute Gasteiger partial charge is 0.354 e. The third-order valence-electron chi connectivity index (χ3n) is 8.81. The van der Waals surface area contributed by atoms with Gasteiger partial charge < -0.3 is 4.98 Å². The Balaban J connectivity index is 1.37. The smallest absolute Gasteiger partial charge is 0.0544 e. The number of H-pyrrole nitrogens is 1. The minimum Gasteiger partial charge on any atom is -0.354 e. The highest BCUT2D eigenvalue weighted by molar-refractivity contribution is 6.13. The van der Waals surface area contributed by atoms with Crippen LogP contribution in [0.2, 0.25) is 0 Å². The normalized spacial score (nSPS) is 13.4. The molecular weight excluding hydrogens is 482 g/mol. The molecule has 1 aliphatic carbocycles. The van der Waals surface area contributed by atoms with E-state index in [0.29, 0.717) is 0 Å². The molecule has 0 bridgehead atoms. The fourth-order valence-corrected chi connectivity index (χ4v) is 6.83. The van der Waals surface area contributed by atoms with Gasteiger partial charge in [0.2, 0.25) is 0 Å². The Labute approximate surface area is 234 Å². The zero-order chi connectivity index (χ0) is 26.8. The van der Waals surface area contributed by atoms with Gasteiger partial charge in [-0.15, -0.1) is 0 Å². The molecule has 0 unspecified atom stereocenters. The Kier molecular flexibility index (Phi) is 4.93. The Hall–Kier alpha value is -4.88. The van der Waals surface area contributed by atoms with Gasteiger partial charge in [-0.25, -0.2) is 0 Å². The van der Waals surface area contributed by atoms with Crippen molar-refractivity contribution < 1.29 is 0 Å². The summed E-state index contributed by atoms with van der Waals surface area (Å²) < 4.78 is 0. The van der Waals surface area contributed by atoms with Crippen LogP contribution >= 0.6 is 0 Å². The minimum absolute atomic E-state index is 0.0138. The number of benzene rings is 6. The Bertz CT molecular complexity index is 2070. The number of aromatic amines is 1. The summed E-state index contributed by atoms with van der Waals surface area (Å²) in [5, 5.41) is 2.51. The van der Waals surface area contributed by atoms with Gasteiger partial charge in [-0.2, -0.15) is 0 Å². The van der Waals surface area contributed by atoms with Gasteiger partial charge in [-0.05, 0) is 74.3 Å². The average Bonchev–Trinajstić information content (AvgIpc) is 3.50. The first-order valence-electron chi connectivity index (χ1n) is 14.0. The molecule has 1 aliphatic rings. The van der Waals surface area contributed by atoms with Crippen molar-refractivity contribution in [2.45, 2.75) is 19.3 Å². The topological polar surface area (TPSA) is 15.8 Å². The summed E-state index contributed by atoms with van der Waals surface area (Å²) in [7, 11) is 0. The number of aromatic nitrogens is 1. The van der Waals surface area contributed by atoms with Crippen LogP contribution in [0.1, 0.15) is 25.0 Å². The third kappa shape index (κ3) is 3.34. The second-order valence-electron chi connectivity index (χ2n) is 11.5. The first-order valence-corrected chi connectivity index (χ1v) is 14.0. The molecule has 0 fully saturated rings. The molecular formula is C39H29N. The second-order valence-corrected chi connectivity index (χ2v) is 11.5. The maximum Gasteiger partial charge on any atom is 0.0544 e. The van der Waals surface area contributed by atoms with Crippen molar-refractivity contribution in [2.75, 3.05) is 0 Å². The van der Waals surface area contributed by atoms with Crippen LogP contribution in [-0.2, 0) is 5.41 Å². The van der Waals surface area contributed by atoms with E-state index in [0.717, 1.165) is 0 Å². The number of hydrogen-bond acceptors (Lipinski definition) is 0. The fourth-order valence-electron chi connectivity index (χ4n) is 6.83. The number of nitrogens with one attached hydrogen (secondary N) is 1. The minimum atomic E-state index is -0.0138. The van der Waals surface area contributed by atoms with E-state index in [4.69, 9.17) is 0 Å². The summed E-state index contributed by atoms with van der Waals surface area (Å²) in [6.45, 7) is 4.69. The summed E-state index contributed by atoms with van der Waals surface area (Å²) in [4.78, 5) is 3.75. The highest BCUT2D eigenvalue weighted by atomic mass is 14.7. The Morgan fingerprint density at radius 2 is 1.10 bits per heavy atom. The number of para-hydroxylation sites is 1. The zero-order valence-electron chi connectivity index (χ0n) is 22.7. The van der Waals surface area contributed by atoms with Gasteiger partial charge in [0.25, 0.3) is 0 Å².